The van der Waals surface area contributed by atoms with Crippen molar-refractivity contribution in [3.63, 3.8) is 0 Å². The van der Waals surface area contributed by atoms with Gasteiger partial charge in [-0.05, 0) is 32.7 Å². The van der Waals surface area contributed by atoms with Crippen molar-refractivity contribution in [3.8, 4) is 0 Å². The number of aromatic nitrogens is 1. The number of likely N-dealkylation sites (tertiary alicyclic amines) is 1. The second-order valence-corrected chi connectivity index (χ2v) is 5.36. The van der Waals surface area contributed by atoms with Crippen LogP contribution in [0.25, 0.3) is 0 Å². The van der Waals surface area contributed by atoms with Gasteiger partial charge in [0.15, 0.2) is 0 Å². The van der Waals surface area contributed by atoms with Gasteiger partial charge in [-0.25, -0.2) is 0 Å². The number of hydrogen-bond donors (Lipinski definition) is 1. The quantitative estimate of drug-likeness (QED) is 0.514. The highest BCUT2D eigenvalue weighted by Gasteiger charge is 2.21. The maximum Gasteiger partial charge on any atom is 0.253 e. The summed E-state index contributed by atoms with van der Waals surface area (Å²) in [6.07, 6.45) is 4.16. The zero-order valence-corrected chi connectivity index (χ0v) is 11.9. The predicted molar refractivity (Wildman–Crippen MR) is 72.1 cm³/mol. The van der Waals surface area contributed by atoms with E-state index in [1.165, 1.54) is 6.42 Å². The van der Waals surface area contributed by atoms with Crippen LogP contribution in [-0.4, -0.2) is 35.6 Å². The van der Waals surface area contributed by atoms with Gasteiger partial charge >= 0.3 is 0 Å². The molecule has 1 N–H and O–H groups in total. The monoisotopic (exact) mass is 305 g/mol. The van der Waals surface area contributed by atoms with Crippen LogP contribution in [-0.2, 0) is 0 Å². The molecule has 0 saturated carbocycles. The zero-order valence-electron chi connectivity index (χ0n) is 11.9. The van der Waals surface area contributed by atoms with Crippen LogP contribution in [0.4, 0.5) is 23.2 Å². The Morgan fingerprint density at radius 1 is 1.14 bits per heavy atom. The summed E-state index contributed by atoms with van der Waals surface area (Å²) in [6.45, 7) is 4.19. The fourth-order valence-electron chi connectivity index (χ4n) is 2.63. The van der Waals surface area contributed by atoms with Crippen molar-refractivity contribution in [2.45, 2.75) is 38.6 Å². The van der Waals surface area contributed by atoms with E-state index in [0.717, 1.165) is 25.9 Å². The Kier molecular flexibility index (Phi) is 5.39. The van der Waals surface area contributed by atoms with Crippen molar-refractivity contribution in [3.05, 3.63) is 23.5 Å². The molecule has 21 heavy (non-hydrogen) atoms. The van der Waals surface area contributed by atoms with Gasteiger partial charge in [0.1, 0.15) is 5.69 Å². The molecule has 0 radical (unpaired) electrons. The first kappa shape index (κ1) is 16.0. The topological polar surface area (TPSA) is 28.2 Å². The Labute approximate surface area is 121 Å². The van der Waals surface area contributed by atoms with Gasteiger partial charge in [0, 0.05) is 19.1 Å². The molecule has 0 bridgehead atoms. The van der Waals surface area contributed by atoms with Gasteiger partial charge in [-0.3, -0.25) is 0 Å². The van der Waals surface area contributed by atoms with Crippen LogP contribution in [0, 0.1) is 23.5 Å². The molecule has 7 heteroatoms. The molecule has 1 saturated heterocycles. The number of halogens is 4. The highest BCUT2D eigenvalue weighted by atomic mass is 19.2. The van der Waals surface area contributed by atoms with Crippen LogP contribution >= 0.6 is 0 Å². The van der Waals surface area contributed by atoms with E-state index < -0.39 is 29.2 Å². The largest absolute Gasteiger partial charge is 0.380 e. The molecular weight excluding hydrogens is 286 g/mol. The summed E-state index contributed by atoms with van der Waals surface area (Å²) >= 11 is 0. The van der Waals surface area contributed by atoms with Crippen molar-refractivity contribution in [2.75, 3.05) is 25.0 Å². The average molecular weight is 305 g/mol. The summed E-state index contributed by atoms with van der Waals surface area (Å²) in [4.78, 5) is 4.82. The maximum absolute atomic E-state index is 13.4. The number of nitrogens with one attached hydrogen (secondary N) is 1. The van der Waals surface area contributed by atoms with Crippen LogP contribution in [0.5, 0.6) is 0 Å². The smallest absolute Gasteiger partial charge is 0.253 e. The first-order valence-corrected chi connectivity index (χ1v) is 7.18. The SMILES string of the molecule is CC1CCCCN1CCCNc1c(F)c(F)nc(F)c1F. The minimum atomic E-state index is -1.64. The molecule has 2 heterocycles. The Bertz CT molecular complexity index is 469. The summed E-state index contributed by atoms with van der Waals surface area (Å²) in [7, 11) is 0. The number of hydrogen-bond acceptors (Lipinski definition) is 3. The third-order valence-corrected chi connectivity index (χ3v) is 3.86. The maximum atomic E-state index is 13.4. The van der Waals surface area contributed by atoms with E-state index >= 15 is 0 Å². The van der Waals surface area contributed by atoms with Crippen LogP contribution in [0.15, 0.2) is 0 Å². The van der Waals surface area contributed by atoms with E-state index in [1.807, 2.05) is 0 Å². The molecule has 1 atom stereocenters. The molecule has 1 aromatic rings. The highest BCUT2D eigenvalue weighted by Crippen LogP contribution is 2.22. The van der Waals surface area contributed by atoms with Gasteiger partial charge in [0.05, 0.1) is 0 Å². The zero-order chi connectivity index (χ0) is 15.4. The summed E-state index contributed by atoms with van der Waals surface area (Å²) < 4.78 is 52.6. The second-order valence-electron chi connectivity index (χ2n) is 5.36. The van der Waals surface area contributed by atoms with Crippen molar-refractivity contribution in [1.29, 1.82) is 0 Å². The summed E-state index contributed by atoms with van der Waals surface area (Å²) in [5.74, 6) is -6.25. The number of pyridine rings is 1. The van der Waals surface area contributed by atoms with E-state index in [0.29, 0.717) is 12.5 Å². The van der Waals surface area contributed by atoms with Crippen LogP contribution in [0.1, 0.15) is 32.6 Å². The normalized spacial score (nSPS) is 19.8. The summed E-state index contributed by atoms with van der Waals surface area (Å²) in [6, 6.07) is 0.503. The molecule has 118 valence electrons. The van der Waals surface area contributed by atoms with Gasteiger partial charge in [0.2, 0.25) is 11.6 Å². The van der Waals surface area contributed by atoms with E-state index in [1.54, 1.807) is 0 Å². The van der Waals surface area contributed by atoms with Gasteiger partial charge in [-0.2, -0.15) is 22.5 Å². The lowest BCUT2D eigenvalue weighted by atomic mass is 10.0. The molecule has 1 fully saturated rings. The first-order chi connectivity index (χ1) is 10.0. The van der Waals surface area contributed by atoms with Gasteiger partial charge in [-0.15, -0.1) is 0 Å². The molecule has 1 aromatic heterocycles. The lowest BCUT2D eigenvalue weighted by Crippen LogP contribution is -2.38. The molecule has 0 spiro atoms. The Morgan fingerprint density at radius 3 is 2.43 bits per heavy atom. The van der Waals surface area contributed by atoms with Crippen LogP contribution < -0.4 is 5.32 Å². The Hall–Kier alpha value is -1.37. The molecule has 0 aromatic carbocycles. The number of rotatable bonds is 5. The molecule has 0 amide bonds. The molecule has 2 rings (SSSR count). The fourth-order valence-corrected chi connectivity index (χ4v) is 2.63. The van der Waals surface area contributed by atoms with Crippen molar-refractivity contribution < 1.29 is 17.6 Å². The third-order valence-electron chi connectivity index (χ3n) is 3.86. The lowest BCUT2D eigenvalue weighted by molar-refractivity contribution is 0.160. The molecule has 1 aliphatic rings. The van der Waals surface area contributed by atoms with Crippen LogP contribution in [0.3, 0.4) is 0 Å². The van der Waals surface area contributed by atoms with Crippen molar-refractivity contribution in [1.82, 2.24) is 9.88 Å². The highest BCUT2D eigenvalue weighted by molar-refractivity contribution is 5.45. The van der Waals surface area contributed by atoms with Crippen molar-refractivity contribution in [2.24, 2.45) is 0 Å². The van der Waals surface area contributed by atoms with E-state index in [-0.39, 0.29) is 6.54 Å². The van der Waals surface area contributed by atoms with Crippen molar-refractivity contribution >= 4 is 5.69 Å². The number of piperidine rings is 1. The lowest BCUT2D eigenvalue weighted by Gasteiger charge is -2.33. The fraction of sp³-hybridized carbons (Fsp3) is 0.643. The average Bonchev–Trinajstić information content (AvgIpc) is 2.46. The standard InChI is InChI=1S/C14H19F4N3/c1-9-5-2-3-7-21(9)8-4-6-19-12-10(15)13(17)20-14(18)11(12)16/h9H,2-8H2,1H3,(H,19,20). The van der Waals surface area contributed by atoms with Gasteiger partial charge < -0.3 is 10.2 Å². The van der Waals surface area contributed by atoms with Gasteiger partial charge in [-0.1, -0.05) is 6.42 Å². The molecule has 3 nitrogen and oxygen atoms in total. The third kappa shape index (κ3) is 3.84. The Morgan fingerprint density at radius 2 is 1.81 bits per heavy atom. The molecule has 1 unspecified atom stereocenters. The summed E-state index contributed by atoms with van der Waals surface area (Å²) in [5, 5.41) is 2.42. The van der Waals surface area contributed by atoms with E-state index in [9.17, 15) is 17.6 Å². The molecular formula is C14H19F4N3. The van der Waals surface area contributed by atoms with E-state index in [2.05, 4.69) is 22.1 Å². The number of anilines is 1. The number of nitrogens with zero attached hydrogens (tertiary/aromatic N) is 2. The van der Waals surface area contributed by atoms with Crippen LogP contribution in [0.2, 0.25) is 0 Å². The summed E-state index contributed by atoms with van der Waals surface area (Å²) in [5.41, 5.74) is -0.785. The minimum Gasteiger partial charge on any atom is -0.380 e. The second kappa shape index (κ2) is 7.06. The molecule has 0 aliphatic carbocycles. The predicted octanol–water partition coefficient (Wildman–Crippen LogP) is 3.31. The first-order valence-electron chi connectivity index (χ1n) is 7.18. The van der Waals surface area contributed by atoms with Gasteiger partial charge in [0.25, 0.3) is 11.9 Å². The van der Waals surface area contributed by atoms with E-state index in [4.69, 9.17) is 0 Å². The Balaban J connectivity index is 1.86. The molecule has 1 aliphatic heterocycles. The minimum absolute atomic E-state index is 0.236.